The molecular weight excluding hydrogens is 252 g/mol. The molecule has 1 saturated carbocycles. The van der Waals surface area contributed by atoms with E-state index in [1.54, 1.807) is 0 Å². The van der Waals surface area contributed by atoms with Gasteiger partial charge in [0.1, 0.15) is 0 Å². The lowest BCUT2D eigenvalue weighted by Crippen LogP contribution is -2.34. The molecule has 2 N–H and O–H groups in total. The second-order valence-corrected chi connectivity index (χ2v) is 6.02. The van der Waals surface area contributed by atoms with E-state index < -0.39 is 0 Å². The van der Waals surface area contributed by atoms with Crippen LogP contribution in [0.2, 0.25) is 0 Å². The predicted molar refractivity (Wildman–Crippen MR) is 77.4 cm³/mol. The molecule has 0 spiro atoms. The number of nitrogens with zero attached hydrogens (tertiary/aromatic N) is 3. The monoisotopic (exact) mass is 274 g/mol. The van der Waals surface area contributed by atoms with Crippen LogP contribution in [0.4, 0.5) is 0 Å². The lowest BCUT2D eigenvalue weighted by molar-refractivity contribution is 0.128. The number of aliphatic hydroxyl groups excluding tert-OH is 1. The lowest BCUT2D eigenvalue weighted by atomic mass is 9.87. The molecule has 2 aromatic rings. The maximum Gasteiger partial charge on any atom is 0.155 e. The van der Waals surface area contributed by atoms with E-state index in [2.05, 4.69) is 15.4 Å². The Morgan fingerprint density at radius 2 is 2.20 bits per heavy atom. The van der Waals surface area contributed by atoms with Crippen molar-refractivity contribution in [2.45, 2.75) is 39.2 Å². The first-order valence-electron chi connectivity index (χ1n) is 7.33. The van der Waals surface area contributed by atoms with Gasteiger partial charge in [-0.2, -0.15) is 5.10 Å². The molecule has 0 aromatic carbocycles. The fraction of sp³-hybridized carbons (Fsp3) is 0.600. The Hall–Kier alpha value is -1.46. The van der Waals surface area contributed by atoms with Crippen LogP contribution < -0.4 is 5.32 Å². The summed E-state index contributed by atoms with van der Waals surface area (Å²) in [4.78, 5) is 4.40. The van der Waals surface area contributed by atoms with E-state index in [-0.39, 0.29) is 12.0 Å². The second kappa shape index (κ2) is 5.50. The van der Waals surface area contributed by atoms with Crippen molar-refractivity contribution in [3.8, 4) is 0 Å². The number of aliphatic hydroxyl groups is 1. The highest BCUT2D eigenvalue weighted by molar-refractivity contribution is 5.38. The van der Waals surface area contributed by atoms with Crippen LogP contribution in [0.5, 0.6) is 0 Å². The highest BCUT2D eigenvalue weighted by Crippen LogP contribution is 2.36. The molecule has 1 aliphatic rings. The van der Waals surface area contributed by atoms with Crippen molar-refractivity contribution < 1.29 is 5.11 Å². The van der Waals surface area contributed by atoms with Crippen molar-refractivity contribution in [3.05, 3.63) is 29.7 Å². The summed E-state index contributed by atoms with van der Waals surface area (Å²) < 4.78 is 1.82. The summed E-state index contributed by atoms with van der Waals surface area (Å²) in [6.07, 6.45) is 8.65. The SMILES string of the molecule is Cc1cc2ncc(CNCC3(CO)CCCC3)cn2n1. The summed E-state index contributed by atoms with van der Waals surface area (Å²) in [5.41, 5.74) is 3.08. The van der Waals surface area contributed by atoms with Crippen molar-refractivity contribution in [2.24, 2.45) is 5.41 Å². The third-order valence-electron chi connectivity index (χ3n) is 4.32. The van der Waals surface area contributed by atoms with Crippen LogP contribution in [0.15, 0.2) is 18.5 Å². The van der Waals surface area contributed by atoms with Gasteiger partial charge in [0.2, 0.25) is 0 Å². The molecule has 5 nitrogen and oxygen atoms in total. The summed E-state index contributed by atoms with van der Waals surface area (Å²) in [5, 5.41) is 17.4. The van der Waals surface area contributed by atoms with Gasteiger partial charge in [0.25, 0.3) is 0 Å². The molecule has 108 valence electrons. The number of rotatable bonds is 5. The number of hydrogen-bond acceptors (Lipinski definition) is 4. The zero-order valence-corrected chi connectivity index (χ0v) is 12.0. The maximum absolute atomic E-state index is 9.59. The third-order valence-corrected chi connectivity index (χ3v) is 4.32. The molecule has 0 amide bonds. The first-order valence-corrected chi connectivity index (χ1v) is 7.33. The predicted octanol–water partition coefficient (Wildman–Crippen LogP) is 1.68. The first kappa shape index (κ1) is 13.5. The van der Waals surface area contributed by atoms with Gasteiger partial charge in [-0.1, -0.05) is 12.8 Å². The summed E-state index contributed by atoms with van der Waals surface area (Å²) in [5.74, 6) is 0. The second-order valence-electron chi connectivity index (χ2n) is 6.02. The Morgan fingerprint density at radius 1 is 1.40 bits per heavy atom. The molecule has 3 rings (SSSR count). The molecule has 0 aliphatic heterocycles. The number of hydrogen-bond donors (Lipinski definition) is 2. The minimum Gasteiger partial charge on any atom is -0.396 e. The highest BCUT2D eigenvalue weighted by Gasteiger charge is 2.32. The van der Waals surface area contributed by atoms with E-state index in [1.165, 1.54) is 12.8 Å². The maximum atomic E-state index is 9.59. The first-order chi connectivity index (χ1) is 9.71. The molecule has 1 aliphatic carbocycles. The van der Waals surface area contributed by atoms with Crippen molar-refractivity contribution in [1.82, 2.24) is 19.9 Å². The van der Waals surface area contributed by atoms with Crippen molar-refractivity contribution in [2.75, 3.05) is 13.2 Å². The Bertz CT molecular complexity index is 587. The molecule has 2 aromatic heterocycles. The molecule has 0 unspecified atom stereocenters. The van der Waals surface area contributed by atoms with Gasteiger partial charge < -0.3 is 10.4 Å². The molecule has 0 atom stereocenters. The Morgan fingerprint density at radius 3 is 2.95 bits per heavy atom. The van der Waals surface area contributed by atoms with Gasteiger partial charge in [0.05, 0.1) is 5.69 Å². The summed E-state index contributed by atoms with van der Waals surface area (Å²) in [6.45, 7) is 3.90. The normalized spacial score (nSPS) is 17.9. The van der Waals surface area contributed by atoms with Crippen LogP contribution in [0.1, 0.15) is 36.9 Å². The van der Waals surface area contributed by atoms with Gasteiger partial charge in [-0.15, -0.1) is 0 Å². The van der Waals surface area contributed by atoms with Gasteiger partial charge in [-0.05, 0) is 19.8 Å². The van der Waals surface area contributed by atoms with E-state index in [9.17, 15) is 5.11 Å². The zero-order valence-electron chi connectivity index (χ0n) is 12.0. The minimum absolute atomic E-state index is 0.0970. The van der Waals surface area contributed by atoms with Crippen LogP contribution in [0.25, 0.3) is 5.65 Å². The summed E-state index contributed by atoms with van der Waals surface area (Å²) >= 11 is 0. The van der Waals surface area contributed by atoms with E-state index in [0.717, 1.165) is 42.8 Å². The van der Waals surface area contributed by atoms with E-state index >= 15 is 0 Å². The van der Waals surface area contributed by atoms with Crippen molar-refractivity contribution in [3.63, 3.8) is 0 Å². The molecule has 0 saturated heterocycles. The van der Waals surface area contributed by atoms with Gasteiger partial charge >= 0.3 is 0 Å². The summed E-state index contributed by atoms with van der Waals surface area (Å²) in [7, 11) is 0. The molecule has 0 bridgehead atoms. The smallest absolute Gasteiger partial charge is 0.155 e. The molecular formula is C15H22N4O. The van der Waals surface area contributed by atoms with Crippen LogP contribution in [0, 0.1) is 12.3 Å². The molecule has 0 radical (unpaired) electrons. The Kier molecular flexibility index (Phi) is 3.72. The average Bonchev–Trinajstić information content (AvgIpc) is 3.04. The largest absolute Gasteiger partial charge is 0.396 e. The number of aryl methyl sites for hydroxylation is 1. The van der Waals surface area contributed by atoms with Crippen LogP contribution in [-0.2, 0) is 6.54 Å². The Labute approximate surface area is 119 Å². The van der Waals surface area contributed by atoms with E-state index in [0.29, 0.717) is 0 Å². The van der Waals surface area contributed by atoms with Crippen LogP contribution in [-0.4, -0.2) is 32.9 Å². The third kappa shape index (κ3) is 2.69. The molecule has 1 fully saturated rings. The molecule has 5 heteroatoms. The Balaban J connectivity index is 1.62. The highest BCUT2D eigenvalue weighted by atomic mass is 16.3. The van der Waals surface area contributed by atoms with Crippen LogP contribution in [0.3, 0.4) is 0 Å². The van der Waals surface area contributed by atoms with Gasteiger partial charge in [-0.25, -0.2) is 9.50 Å². The van der Waals surface area contributed by atoms with Gasteiger partial charge in [0.15, 0.2) is 5.65 Å². The van der Waals surface area contributed by atoms with Gasteiger partial charge in [0, 0.05) is 49.1 Å². The fourth-order valence-corrected chi connectivity index (χ4v) is 3.11. The van der Waals surface area contributed by atoms with Crippen molar-refractivity contribution in [1.29, 1.82) is 0 Å². The number of nitrogens with one attached hydrogen (secondary N) is 1. The molecule has 2 heterocycles. The quantitative estimate of drug-likeness (QED) is 0.871. The van der Waals surface area contributed by atoms with E-state index in [4.69, 9.17) is 0 Å². The standard InChI is InChI=1S/C15H22N4O/c1-12-6-14-17-8-13(9-19(14)18-12)7-16-10-15(11-20)4-2-3-5-15/h6,8-9,16,20H,2-5,7,10-11H2,1H3. The molecule has 20 heavy (non-hydrogen) atoms. The average molecular weight is 274 g/mol. The van der Waals surface area contributed by atoms with Gasteiger partial charge in [-0.3, -0.25) is 0 Å². The minimum atomic E-state index is 0.0970. The van der Waals surface area contributed by atoms with Crippen molar-refractivity contribution >= 4 is 5.65 Å². The zero-order chi connectivity index (χ0) is 14.0. The fourth-order valence-electron chi connectivity index (χ4n) is 3.11. The summed E-state index contributed by atoms with van der Waals surface area (Å²) in [6, 6.07) is 1.97. The topological polar surface area (TPSA) is 62.5 Å². The number of fused-ring (bicyclic) bond motifs is 1. The number of aromatic nitrogens is 3. The lowest BCUT2D eigenvalue weighted by Gasteiger charge is -2.26. The van der Waals surface area contributed by atoms with E-state index in [1.807, 2.05) is 29.9 Å². The van der Waals surface area contributed by atoms with Crippen LogP contribution >= 0.6 is 0 Å².